The quantitative estimate of drug-likeness (QED) is 0.797. The highest BCUT2D eigenvalue weighted by Crippen LogP contribution is 2.28. The van der Waals surface area contributed by atoms with Crippen molar-refractivity contribution in [3.05, 3.63) is 0 Å². The Kier molecular flexibility index (Phi) is 7.39. The molecule has 1 saturated carbocycles. The topological polar surface area (TPSA) is 41.6 Å². The summed E-state index contributed by atoms with van der Waals surface area (Å²) in [6.07, 6.45) is 9.98. The van der Waals surface area contributed by atoms with Gasteiger partial charge in [0.05, 0.1) is 0 Å². The van der Waals surface area contributed by atoms with Crippen LogP contribution in [0, 0.1) is 11.8 Å². The fraction of sp³-hybridized carbons (Fsp3) is 0.950. The Labute approximate surface area is 148 Å². The van der Waals surface area contributed by atoms with Crippen molar-refractivity contribution >= 4 is 6.09 Å². The predicted molar refractivity (Wildman–Crippen MR) is 99.2 cm³/mol. The molecule has 1 N–H and O–H groups in total. The van der Waals surface area contributed by atoms with Gasteiger partial charge in [0, 0.05) is 19.1 Å². The van der Waals surface area contributed by atoms with Crippen LogP contribution < -0.4 is 5.32 Å². The molecule has 24 heavy (non-hydrogen) atoms. The summed E-state index contributed by atoms with van der Waals surface area (Å²) >= 11 is 0. The molecule has 2 rings (SSSR count). The molecule has 1 heterocycles. The first-order valence-corrected chi connectivity index (χ1v) is 10.1. The number of alkyl carbamates (subject to hydrolysis) is 1. The minimum atomic E-state index is -0.422. The van der Waals surface area contributed by atoms with Crippen LogP contribution >= 0.6 is 0 Å². The van der Waals surface area contributed by atoms with Crippen molar-refractivity contribution in [1.82, 2.24) is 10.2 Å². The Morgan fingerprint density at radius 2 is 1.92 bits per heavy atom. The highest BCUT2D eigenvalue weighted by atomic mass is 16.6. The SMILES string of the molecule is CCCC1CCCN(CC2CCCCC2NC(=O)OC(C)(C)C)C1. The number of nitrogens with zero attached hydrogens (tertiary/aromatic N) is 1. The number of nitrogens with one attached hydrogen (secondary N) is 1. The van der Waals surface area contributed by atoms with Crippen molar-refractivity contribution in [1.29, 1.82) is 0 Å². The smallest absolute Gasteiger partial charge is 0.407 e. The number of hydrogen-bond acceptors (Lipinski definition) is 3. The second-order valence-electron chi connectivity index (χ2n) is 8.85. The van der Waals surface area contributed by atoms with Crippen LogP contribution in [0.4, 0.5) is 4.79 Å². The Morgan fingerprint density at radius 1 is 1.17 bits per heavy atom. The second-order valence-corrected chi connectivity index (χ2v) is 8.85. The number of amides is 1. The molecule has 1 aliphatic heterocycles. The van der Waals surface area contributed by atoms with Gasteiger partial charge in [0.15, 0.2) is 0 Å². The molecule has 1 saturated heterocycles. The van der Waals surface area contributed by atoms with Gasteiger partial charge in [0.2, 0.25) is 0 Å². The molecule has 3 unspecified atom stereocenters. The lowest BCUT2D eigenvalue weighted by Crippen LogP contribution is -2.49. The summed E-state index contributed by atoms with van der Waals surface area (Å²) in [5.74, 6) is 1.45. The molecular weight excluding hydrogens is 300 g/mol. The average molecular weight is 339 g/mol. The first kappa shape index (κ1) is 19.6. The van der Waals surface area contributed by atoms with E-state index in [9.17, 15) is 4.79 Å². The summed E-state index contributed by atoms with van der Waals surface area (Å²) in [7, 11) is 0. The Balaban J connectivity index is 1.85. The molecule has 4 heteroatoms. The van der Waals surface area contributed by atoms with Crippen molar-refractivity contribution in [3.63, 3.8) is 0 Å². The van der Waals surface area contributed by atoms with Gasteiger partial charge in [-0.25, -0.2) is 4.79 Å². The van der Waals surface area contributed by atoms with Crippen molar-refractivity contribution in [3.8, 4) is 0 Å². The molecule has 3 atom stereocenters. The lowest BCUT2D eigenvalue weighted by Gasteiger charge is -2.39. The van der Waals surface area contributed by atoms with Gasteiger partial charge in [-0.15, -0.1) is 0 Å². The zero-order chi connectivity index (χ0) is 17.6. The molecule has 0 bridgehead atoms. The fourth-order valence-electron chi connectivity index (χ4n) is 4.37. The van der Waals surface area contributed by atoms with Crippen LogP contribution in [0.15, 0.2) is 0 Å². The van der Waals surface area contributed by atoms with Crippen LogP contribution in [0.3, 0.4) is 0 Å². The van der Waals surface area contributed by atoms with Gasteiger partial charge in [0.1, 0.15) is 5.60 Å². The lowest BCUT2D eigenvalue weighted by molar-refractivity contribution is 0.0443. The van der Waals surface area contributed by atoms with E-state index in [1.165, 1.54) is 58.0 Å². The first-order valence-electron chi connectivity index (χ1n) is 10.1. The number of hydrogen-bond donors (Lipinski definition) is 1. The zero-order valence-corrected chi connectivity index (χ0v) is 16.3. The summed E-state index contributed by atoms with van der Waals surface area (Å²) in [4.78, 5) is 14.8. The number of carbonyl (C=O) groups excluding carboxylic acids is 1. The maximum Gasteiger partial charge on any atom is 0.407 e. The van der Waals surface area contributed by atoms with Gasteiger partial charge in [-0.3, -0.25) is 0 Å². The summed E-state index contributed by atoms with van der Waals surface area (Å²) in [5, 5.41) is 3.16. The van der Waals surface area contributed by atoms with Crippen LogP contribution in [0.2, 0.25) is 0 Å². The molecule has 4 nitrogen and oxygen atoms in total. The predicted octanol–water partition coefficient (Wildman–Crippen LogP) is 4.58. The molecule has 2 aliphatic rings. The van der Waals surface area contributed by atoms with E-state index in [1.54, 1.807) is 0 Å². The number of ether oxygens (including phenoxy) is 1. The highest BCUT2D eigenvalue weighted by molar-refractivity contribution is 5.68. The maximum absolute atomic E-state index is 12.2. The maximum atomic E-state index is 12.2. The third-order valence-electron chi connectivity index (χ3n) is 5.40. The van der Waals surface area contributed by atoms with Crippen molar-refractivity contribution in [2.75, 3.05) is 19.6 Å². The van der Waals surface area contributed by atoms with E-state index >= 15 is 0 Å². The van der Waals surface area contributed by atoms with Gasteiger partial charge in [-0.2, -0.15) is 0 Å². The van der Waals surface area contributed by atoms with Crippen LogP contribution in [-0.2, 0) is 4.74 Å². The fourth-order valence-corrected chi connectivity index (χ4v) is 4.37. The number of carbonyl (C=O) groups is 1. The molecule has 0 aromatic heterocycles. The van der Waals surface area contributed by atoms with Gasteiger partial charge in [-0.1, -0.05) is 26.2 Å². The summed E-state index contributed by atoms with van der Waals surface area (Å²) in [6.45, 7) is 11.7. The normalized spacial score (nSPS) is 29.2. The standard InChI is InChI=1S/C20H38N2O2/c1-5-9-16-10-8-13-22(14-16)15-17-11-6-7-12-18(17)21-19(23)24-20(2,3)4/h16-18H,5-15H2,1-4H3,(H,21,23). The first-order chi connectivity index (χ1) is 11.4. The van der Waals surface area contributed by atoms with Crippen LogP contribution in [0.5, 0.6) is 0 Å². The average Bonchev–Trinajstić information content (AvgIpc) is 2.48. The van der Waals surface area contributed by atoms with Crippen LogP contribution in [0.1, 0.15) is 79.1 Å². The summed E-state index contributed by atoms with van der Waals surface area (Å²) in [6, 6.07) is 0.278. The van der Waals surface area contributed by atoms with E-state index in [0.717, 1.165) is 18.9 Å². The summed E-state index contributed by atoms with van der Waals surface area (Å²) < 4.78 is 5.46. The van der Waals surface area contributed by atoms with Crippen molar-refractivity contribution in [2.24, 2.45) is 11.8 Å². The Bertz CT molecular complexity index is 390. The third kappa shape index (κ3) is 6.62. The molecule has 0 aromatic rings. The molecule has 2 fully saturated rings. The molecule has 0 radical (unpaired) electrons. The zero-order valence-electron chi connectivity index (χ0n) is 16.3. The minimum absolute atomic E-state index is 0.248. The summed E-state index contributed by atoms with van der Waals surface area (Å²) in [5.41, 5.74) is -0.422. The monoisotopic (exact) mass is 338 g/mol. The number of piperidine rings is 1. The van der Waals surface area contributed by atoms with Gasteiger partial charge < -0.3 is 15.0 Å². The van der Waals surface area contributed by atoms with E-state index in [1.807, 2.05) is 20.8 Å². The lowest BCUT2D eigenvalue weighted by atomic mass is 9.83. The highest BCUT2D eigenvalue weighted by Gasteiger charge is 2.31. The van der Waals surface area contributed by atoms with Crippen molar-refractivity contribution < 1.29 is 9.53 Å². The van der Waals surface area contributed by atoms with E-state index in [0.29, 0.717) is 5.92 Å². The van der Waals surface area contributed by atoms with Crippen LogP contribution in [-0.4, -0.2) is 42.3 Å². The van der Waals surface area contributed by atoms with Crippen LogP contribution in [0.25, 0.3) is 0 Å². The molecule has 1 aliphatic carbocycles. The third-order valence-corrected chi connectivity index (χ3v) is 5.40. The number of rotatable bonds is 5. The number of likely N-dealkylation sites (tertiary alicyclic amines) is 1. The van der Waals surface area contributed by atoms with E-state index in [4.69, 9.17) is 4.74 Å². The molecule has 0 aromatic carbocycles. The van der Waals surface area contributed by atoms with Gasteiger partial charge >= 0.3 is 6.09 Å². The van der Waals surface area contributed by atoms with Gasteiger partial charge in [-0.05, 0) is 71.3 Å². The minimum Gasteiger partial charge on any atom is -0.444 e. The van der Waals surface area contributed by atoms with E-state index in [-0.39, 0.29) is 12.1 Å². The molecule has 1 amide bonds. The molecule has 140 valence electrons. The Morgan fingerprint density at radius 3 is 2.62 bits per heavy atom. The van der Waals surface area contributed by atoms with Gasteiger partial charge in [0.25, 0.3) is 0 Å². The largest absolute Gasteiger partial charge is 0.444 e. The van der Waals surface area contributed by atoms with E-state index in [2.05, 4.69) is 17.1 Å². The molecular formula is C20H38N2O2. The molecule has 0 spiro atoms. The van der Waals surface area contributed by atoms with E-state index < -0.39 is 5.60 Å². The second kappa shape index (κ2) is 9.07. The van der Waals surface area contributed by atoms with Crippen molar-refractivity contribution in [2.45, 2.75) is 90.7 Å². The Hall–Kier alpha value is -0.770.